The van der Waals surface area contributed by atoms with Crippen molar-refractivity contribution in [3.05, 3.63) is 58.6 Å². The zero-order valence-electron chi connectivity index (χ0n) is 13.2. The molecule has 6 heteroatoms. The van der Waals surface area contributed by atoms with E-state index in [4.69, 9.17) is 4.74 Å². The molecule has 0 fully saturated rings. The molecule has 0 aliphatic carbocycles. The van der Waals surface area contributed by atoms with Gasteiger partial charge in [-0.1, -0.05) is 34.1 Å². The Morgan fingerprint density at radius 2 is 1.83 bits per heavy atom. The van der Waals surface area contributed by atoms with Crippen molar-refractivity contribution in [1.29, 1.82) is 0 Å². The molecule has 0 aromatic heterocycles. The lowest BCUT2D eigenvalue weighted by molar-refractivity contribution is 0.346. The predicted molar refractivity (Wildman–Crippen MR) is 95.5 cm³/mol. The smallest absolute Gasteiger partial charge is 0.179 e. The molecule has 0 atom stereocenters. The van der Waals surface area contributed by atoms with E-state index < -0.39 is 9.84 Å². The third kappa shape index (κ3) is 5.34. The third-order valence-electron chi connectivity index (χ3n) is 3.51. The molecule has 0 heterocycles. The second-order valence-electron chi connectivity index (χ2n) is 5.36. The Balaban J connectivity index is 1.96. The zero-order valence-corrected chi connectivity index (χ0v) is 15.6. The van der Waals surface area contributed by atoms with Crippen molar-refractivity contribution in [2.45, 2.75) is 11.4 Å². The van der Waals surface area contributed by atoms with Crippen LogP contribution in [0.25, 0.3) is 0 Å². The fourth-order valence-electron chi connectivity index (χ4n) is 2.17. The Bertz CT molecular complexity index is 745. The van der Waals surface area contributed by atoms with E-state index in [1.807, 2.05) is 36.2 Å². The van der Waals surface area contributed by atoms with Gasteiger partial charge in [-0.3, -0.25) is 0 Å². The molecular weight excluding hydrogens is 378 g/mol. The van der Waals surface area contributed by atoms with Gasteiger partial charge in [0, 0.05) is 17.6 Å². The molecule has 0 N–H and O–H groups in total. The van der Waals surface area contributed by atoms with Gasteiger partial charge in [0.1, 0.15) is 5.75 Å². The van der Waals surface area contributed by atoms with Gasteiger partial charge in [0.05, 0.1) is 17.8 Å². The van der Waals surface area contributed by atoms with Crippen LogP contribution in [0.1, 0.15) is 5.56 Å². The minimum Gasteiger partial charge on any atom is -0.497 e. The second kappa shape index (κ2) is 7.95. The highest BCUT2D eigenvalue weighted by Gasteiger charge is 2.16. The first kappa shape index (κ1) is 18.0. The van der Waals surface area contributed by atoms with Crippen LogP contribution in [0.3, 0.4) is 0 Å². The minimum absolute atomic E-state index is 0.0766. The van der Waals surface area contributed by atoms with Gasteiger partial charge in [-0.2, -0.15) is 0 Å². The Morgan fingerprint density at radius 3 is 2.48 bits per heavy atom. The van der Waals surface area contributed by atoms with Crippen molar-refractivity contribution >= 4 is 25.8 Å². The third-order valence-corrected chi connectivity index (χ3v) is 5.73. The largest absolute Gasteiger partial charge is 0.497 e. The average molecular weight is 398 g/mol. The quantitative estimate of drug-likeness (QED) is 0.718. The van der Waals surface area contributed by atoms with E-state index >= 15 is 0 Å². The van der Waals surface area contributed by atoms with E-state index in [0.717, 1.165) is 10.0 Å². The van der Waals surface area contributed by atoms with E-state index in [1.165, 1.54) is 7.11 Å². The lowest BCUT2D eigenvalue weighted by Crippen LogP contribution is -2.25. The number of benzene rings is 2. The van der Waals surface area contributed by atoms with Crippen molar-refractivity contribution in [1.82, 2.24) is 4.90 Å². The van der Waals surface area contributed by atoms with Crippen LogP contribution in [0.15, 0.2) is 57.9 Å². The van der Waals surface area contributed by atoms with Crippen LogP contribution < -0.4 is 4.74 Å². The summed E-state index contributed by atoms with van der Waals surface area (Å²) in [4.78, 5) is 2.30. The summed E-state index contributed by atoms with van der Waals surface area (Å²) in [5, 5.41) is 0. The summed E-state index contributed by atoms with van der Waals surface area (Å²) >= 11 is 3.40. The summed E-state index contributed by atoms with van der Waals surface area (Å²) in [6.07, 6.45) is 0. The van der Waals surface area contributed by atoms with Crippen LogP contribution in [0.2, 0.25) is 0 Å². The van der Waals surface area contributed by atoms with Gasteiger partial charge in [-0.05, 0) is 42.9 Å². The molecule has 0 radical (unpaired) electrons. The first-order valence-electron chi connectivity index (χ1n) is 7.20. The lowest BCUT2D eigenvalue weighted by atomic mass is 10.2. The molecule has 2 aromatic carbocycles. The Hall–Kier alpha value is -1.37. The molecule has 0 aliphatic heterocycles. The van der Waals surface area contributed by atoms with Crippen LogP contribution in [0, 0.1) is 0 Å². The monoisotopic (exact) mass is 397 g/mol. The molecule has 0 bridgehead atoms. The number of ether oxygens (including phenoxy) is 1. The molecule has 23 heavy (non-hydrogen) atoms. The van der Waals surface area contributed by atoms with Gasteiger partial charge in [0.25, 0.3) is 0 Å². The number of halogens is 1. The van der Waals surface area contributed by atoms with E-state index in [-0.39, 0.29) is 5.75 Å². The summed E-state index contributed by atoms with van der Waals surface area (Å²) in [5.41, 5.74) is 1.15. The van der Waals surface area contributed by atoms with Crippen LogP contribution >= 0.6 is 15.9 Å². The number of rotatable bonds is 7. The first-order valence-corrected chi connectivity index (χ1v) is 9.65. The predicted octanol–water partition coefficient (Wildman–Crippen LogP) is 3.36. The van der Waals surface area contributed by atoms with Gasteiger partial charge >= 0.3 is 0 Å². The van der Waals surface area contributed by atoms with Crippen molar-refractivity contribution in [3.8, 4) is 5.75 Å². The number of methoxy groups -OCH3 is 1. The van der Waals surface area contributed by atoms with E-state index in [0.29, 0.717) is 23.7 Å². The maximum absolute atomic E-state index is 12.4. The molecule has 0 amide bonds. The Labute approximate surface area is 146 Å². The molecular formula is C17H20BrNO3S. The van der Waals surface area contributed by atoms with Crippen molar-refractivity contribution in [2.24, 2.45) is 0 Å². The normalized spacial score (nSPS) is 11.7. The fourth-order valence-corrected chi connectivity index (χ4v) is 3.80. The van der Waals surface area contributed by atoms with Gasteiger partial charge < -0.3 is 9.64 Å². The van der Waals surface area contributed by atoms with Gasteiger partial charge in [0.15, 0.2) is 9.84 Å². The molecule has 0 aliphatic rings. The van der Waals surface area contributed by atoms with Crippen LogP contribution in [-0.4, -0.2) is 39.8 Å². The SMILES string of the molecule is COc1cccc(S(=O)(=O)CCN(C)Cc2ccc(Br)cc2)c1. The molecule has 2 rings (SSSR count). The molecule has 124 valence electrons. The van der Waals surface area contributed by atoms with Gasteiger partial charge in [0.2, 0.25) is 0 Å². The average Bonchev–Trinajstić information content (AvgIpc) is 2.55. The molecule has 4 nitrogen and oxygen atoms in total. The number of nitrogens with zero attached hydrogens (tertiary/aromatic N) is 1. The summed E-state index contributed by atoms with van der Waals surface area (Å²) in [6.45, 7) is 1.18. The van der Waals surface area contributed by atoms with Crippen molar-refractivity contribution < 1.29 is 13.2 Å². The Morgan fingerprint density at radius 1 is 1.13 bits per heavy atom. The number of sulfone groups is 1. The number of hydrogen-bond acceptors (Lipinski definition) is 4. The second-order valence-corrected chi connectivity index (χ2v) is 8.39. The molecule has 0 spiro atoms. The highest BCUT2D eigenvalue weighted by molar-refractivity contribution is 9.10. The number of hydrogen-bond donors (Lipinski definition) is 0. The maximum Gasteiger partial charge on any atom is 0.179 e. The first-order chi connectivity index (χ1) is 10.9. The molecule has 0 saturated heterocycles. The summed E-state index contributed by atoms with van der Waals surface area (Å²) in [6, 6.07) is 14.6. The molecule has 2 aromatic rings. The summed E-state index contributed by atoms with van der Waals surface area (Å²) < 4.78 is 30.9. The zero-order chi connectivity index (χ0) is 16.9. The summed E-state index contributed by atoms with van der Waals surface area (Å²) in [5.74, 6) is 0.627. The molecule has 0 saturated carbocycles. The molecule has 0 unspecified atom stereocenters. The summed E-state index contributed by atoms with van der Waals surface area (Å²) in [7, 11) is 0.129. The Kier molecular flexibility index (Phi) is 6.21. The van der Waals surface area contributed by atoms with Gasteiger partial charge in [-0.15, -0.1) is 0 Å². The fraction of sp³-hybridized carbons (Fsp3) is 0.294. The van der Waals surface area contributed by atoms with Crippen molar-refractivity contribution in [2.75, 3.05) is 26.5 Å². The van der Waals surface area contributed by atoms with E-state index in [9.17, 15) is 8.42 Å². The van der Waals surface area contributed by atoms with E-state index in [1.54, 1.807) is 24.3 Å². The van der Waals surface area contributed by atoms with Crippen LogP contribution in [-0.2, 0) is 16.4 Å². The highest BCUT2D eigenvalue weighted by Crippen LogP contribution is 2.18. The lowest BCUT2D eigenvalue weighted by Gasteiger charge is -2.17. The maximum atomic E-state index is 12.4. The van der Waals surface area contributed by atoms with Crippen molar-refractivity contribution in [3.63, 3.8) is 0 Å². The highest BCUT2D eigenvalue weighted by atomic mass is 79.9. The van der Waals surface area contributed by atoms with E-state index in [2.05, 4.69) is 15.9 Å². The standard InChI is InChI=1S/C17H20BrNO3S/c1-19(13-14-6-8-15(18)9-7-14)10-11-23(20,21)17-5-3-4-16(12-17)22-2/h3-9,12H,10-11,13H2,1-2H3. The van der Waals surface area contributed by atoms with Crippen LogP contribution in [0.4, 0.5) is 0 Å². The van der Waals surface area contributed by atoms with Gasteiger partial charge in [-0.25, -0.2) is 8.42 Å². The minimum atomic E-state index is -3.32. The topological polar surface area (TPSA) is 46.6 Å². The van der Waals surface area contributed by atoms with Crippen LogP contribution in [0.5, 0.6) is 5.75 Å².